The fourth-order valence-corrected chi connectivity index (χ4v) is 5.05. The Labute approximate surface area is 262 Å². The molecule has 0 saturated carbocycles. The third-order valence-corrected chi connectivity index (χ3v) is 7.41. The molecule has 0 aliphatic carbocycles. The van der Waals surface area contributed by atoms with Crippen LogP contribution in [0.3, 0.4) is 0 Å². The summed E-state index contributed by atoms with van der Waals surface area (Å²) in [6, 6.07) is 22.0. The summed E-state index contributed by atoms with van der Waals surface area (Å²) in [5.41, 5.74) is 10.00. The predicted molar refractivity (Wildman–Crippen MR) is 176 cm³/mol. The zero-order valence-electron chi connectivity index (χ0n) is 25.2. The number of nitrogens with zero attached hydrogens (tertiary/aromatic N) is 5. The first kappa shape index (κ1) is 32.0. The number of nitriles is 1. The van der Waals surface area contributed by atoms with E-state index in [0.717, 1.165) is 52.0 Å². The van der Waals surface area contributed by atoms with E-state index in [-0.39, 0.29) is 0 Å². The normalized spacial score (nSPS) is 16.8. The van der Waals surface area contributed by atoms with Crippen molar-refractivity contribution in [3.63, 3.8) is 0 Å². The number of methoxy groups -OCH3 is 1. The van der Waals surface area contributed by atoms with Crippen LogP contribution in [0.1, 0.15) is 24.0 Å². The van der Waals surface area contributed by atoms with E-state index >= 15 is 0 Å². The molecule has 44 heavy (non-hydrogen) atoms. The number of hydrogen-bond acceptors (Lipinski definition) is 10. The Bertz CT molecular complexity index is 1590. The average Bonchev–Trinajstić information content (AvgIpc) is 3.05. The van der Waals surface area contributed by atoms with Crippen molar-refractivity contribution < 1.29 is 14.3 Å². The van der Waals surface area contributed by atoms with E-state index in [1.54, 1.807) is 24.2 Å². The standard InChI is InChI=1S/C31H31N7OS.C2H4O2/c1-21-4-6-22(7-5-21)30-23(19-32)18-29(40-3)36-28-20-38(30)37-31(27(28)14-15-33-2)35-24-8-10-25(11-9-24)39-26-12-16-34-17-13-26;1-4-2-3/h4-13,16-17,33H,14-15,18,20H2,1-3H3,(H,35,37);2H,1H3/b30-23+,36-29?;. The topological polar surface area (TPSA) is 124 Å². The van der Waals surface area contributed by atoms with Crippen molar-refractivity contribution in [2.75, 3.05) is 33.5 Å². The van der Waals surface area contributed by atoms with Crippen molar-refractivity contribution in [1.29, 1.82) is 5.26 Å². The number of rotatable bonds is 8. The van der Waals surface area contributed by atoms with E-state index in [1.807, 2.05) is 54.7 Å². The lowest BCUT2D eigenvalue weighted by molar-refractivity contribution is -0.126. The average molecular weight is 610 g/mol. The second-order valence-electron chi connectivity index (χ2n) is 9.74. The van der Waals surface area contributed by atoms with Crippen molar-refractivity contribution in [1.82, 2.24) is 20.7 Å². The first-order chi connectivity index (χ1) is 21.5. The number of carbonyl (C=O) groups is 1. The van der Waals surface area contributed by atoms with Crippen LogP contribution in [0, 0.1) is 18.3 Å². The second kappa shape index (κ2) is 16.1. The fourth-order valence-electron chi connectivity index (χ4n) is 4.56. The second-order valence-corrected chi connectivity index (χ2v) is 10.6. The third kappa shape index (κ3) is 8.34. The smallest absolute Gasteiger partial charge is 0.292 e. The number of hydrogen-bond donors (Lipinski definition) is 2. The fraction of sp³-hybridized carbons (Fsp3) is 0.242. The molecule has 226 valence electrons. The molecule has 0 spiro atoms. The van der Waals surface area contributed by atoms with Crippen LogP contribution in [0.2, 0.25) is 0 Å². The van der Waals surface area contributed by atoms with Gasteiger partial charge in [0.25, 0.3) is 6.47 Å². The van der Waals surface area contributed by atoms with Gasteiger partial charge in [0.05, 0.1) is 47.4 Å². The predicted octanol–water partition coefficient (Wildman–Crippen LogP) is 5.79. The van der Waals surface area contributed by atoms with Gasteiger partial charge in [-0.1, -0.05) is 29.8 Å². The van der Waals surface area contributed by atoms with Crippen molar-refractivity contribution in [2.24, 2.45) is 9.98 Å². The molecule has 2 aliphatic heterocycles. The maximum atomic E-state index is 10.2. The molecule has 0 fully saturated rings. The van der Waals surface area contributed by atoms with Crippen molar-refractivity contribution >= 4 is 40.5 Å². The number of nitrogens with one attached hydrogen (secondary N) is 2. The molecule has 1 aromatic heterocycles. The molecule has 2 aromatic carbocycles. The maximum Gasteiger partial charge on any atom is 0.292 e. The van der Waals surface area contributed by atoms with Crippen LogP contribution in [-0.4, -0.2) is 60.8 Å². The summed E-state index contributed by atoms with van der Waals surface area (Å²) in [7, 11) is 3.26. The minimum absolute atomic E-state index is 0.375. The molecule has 3 aromatic rings. The Morgan fingerprint density at radius 1 is 1.11 bits per heavy atom. The van der Waals surface area contributed by atoms with Gasteiger partial charge in [0.1, 0.15) is 17.3 Å². The summed E-state index contributed by atoms with van der Waals surface area (Å²) in [6.45, 7) is 3.74. The molecule has 2 aliphatic rings. The van der Waals surface area contributed by atoms with Crippen molar-refractivity contribution in [2.45, 2.75) is 19.8 Å². The highest BCUT2D eigenvalue weighted by Gasteiger charge is 2.30. The molecular formula is C33H35N7O3S. The summed E-state index contributed by atoms with van der Waals surface area (Å²) in [4.78, 5) is 23.1. The molecule has 11 heteroatoms. The molecule has 0 atom stereocenters. The van der Waals surface area contributed by atoms with Gasteiger partial charge in [-0.25, -0.2) is 9.98 Å². The molecule has 0 amide bonds. The number of amidine groups is 1. The number of carbonyl (C=O) groups excluding carboxylic acids is 1. The van der Waals surface area contributed by atoms with Crippen LogP contribution in [0.25, 0.3) is 5.70 Å². The van der Waals surface area contributed by atoms with Crippen LogP contribution < -0.4 is 15.5 Å². The van der Waals surface area contributed by atoms with Crippen LogP contribution in [0.15, 0.2) is 99.9 Å². The van der Waals surface area contributed by atoms with Gasteiger partial charge in [-0.2, -0.15) is 5.26 Å². The highest BCUT2D eigenvalue weighted by molar-refractivity contribution is 8.13. The summed E-state index contributed by atoms with van der Waals surface area (Å²) in [5, 5.41) is 16.4. The monoisotopic (exact) mass is 609 g/mol. The van der Waals surface area contributed by atoms with Crippen molar-refractivity contribution in [3.05, 3.63) is 101 Å². The van der Waals surface area contributed by atoms with Gasteiger partial charge >= 0.3 is 0 Å². The van der Waals surface area contributed by atoms with Crippen LogP contribution in [-0.2, 0) is 9.53 Å². The third-order valence-electron chi connectivity index (χ3n) is 6.71. The molecular weight excluding hydrogens is 574 g/mol. The summed E-state index contributed by atoms with van der Waals surface area (Å²) in [6.07, 6.45) is 6.65. The lowest BCUT2D eigenvalue weighted by Crippen LogP contribution is -2.48. The number of benzene rings is 2. The number of fused-ring (bicyclic) bond motifs is 2. The molecule has 3 heterocycles. The van der Waals surface area contributed by atoms with E-state index in [9.17, 15) is 5.26 Å². The van der Waals surface area contributed by atoms with E-state index in [1.165, 1.54) is 12.7 Å². The lowest BCUT2D eigenvalue weighted by Gasteiger charge is -2.37. The molecule has 0 unspecified atom stereocenters. The molecule has 2 bridgehead atoms. The number of pyridine rings is 1. The van der Waals surface area contributed by atoms with E-state index in [0.29, 0.717) is 36.6 Å². The van der Waals surface area contributed by atoms with E-state index in [4.69, 9.17) is 19.5 Å². The summed E-state index contributed by atoms with van der Waals surface area (Å²) < 4.78 is 9.78. The Morgan fingerprint density at radius 3 is 2.41 bits per heavy atom. The van der Waals surface area contributed by atoms with Gasteiger partial charge in [0.2, 0.25) is 0 Å². The highest BCUT2D eigenvalue weighted by Crippen LogP contribution is 2.33. The first-order valence-corrected chi connectivity index (χ1v) is 15.2. The molecule has 10 nitrogen and oxygen atoms in total. The highest BCUT2D eigenvalue weighted by atomic mass is 32.2. The van der Waals surface area contributed by atoms with Crippen molar-refractivity contribution in [3.8, 4) is 17.6 Å². The summed E-state index contributed by atoms with van der Waals surface area (Å²) >= 11 is 1.58. The zero-order valence-corrected chi connectivity index (χ0v) is 26.0. The molecule has 2 N–H and O–H groups in total. The maximum absolute atomic E-state index is 10.2. The van der Waals surface area contributed by atoms with Crippen LogP contribution >= 0.6 is 11.8 Å². The Morgan fingerprint density at radius 2 is 1.80 bits per heavy atom. The SMILES string of the molecule is CNCCC1=C2CN(NC1=Nc1ccc(Oc3ccncc3)cc1)/C(c1ccc(C)cc1)=C(/C#N)CC(SC)=N2.COC=O. The molecule has 5 rings (SSSR count). The largest absolute Gasteiger partial charge is 0.471 e. The Balaban J connectivity index is 0.00000104. The minimum atomic E-state index is 0.375. The van der Waals surface area contributed by atoms with Gasteiger partial charge < -0.3 is 14.8 Å². The molecule has 0 radical (unpaired) electrons. The number of aromatic nitrogens is 1. The molecule has 0 saturated heterocycles. The van der Waals surface area contributed by atoms with Gasteiger partial charge in [-0.3, -0.25) is 20.2 Å². The van der Waals surface area contributed by atoms with Gasteiger partial charge in [0.15, 0.2) is 0 Å². The van der Waals surface area contributed by atoms with Crippen LogP contribution in [0.4, 0.5) is 5.69 Å². The Kier molecular flexibility index (Phi) is 11.7. The number of ether oxygens (including phenoxy) is 2. The van der Waals surface area contributed by atoms with Gasteiger partial charge in [-0.15, -0.1) is 11.8 Å². The quantitative estimate of drug-likeness (QED) is 0.306. The number of allylic oxidation sites excluding steroid dienone is 1. The van der Waals surface area contributed by atoms with Gasteiger partial charge in [0, 0.05) is 30.0 Å². The number of aryl methyl sites for hydroxylation is 1. The van der Waals surface area contributed by atoms with Gasteiger partial charge in [-0.05, 0) is 69.6 Å². The van der Waals surface area contributed by atoms with Crippen LogP contribution in [0.5, 0.6) is 11.5 Å². The lowest BCUT2D eigenvalue weighted by atomic mass is 10.00. The van der Waals surface area contributed by atoms with E-state index in [2.05, 4.69) is 57.7 Å². The zero-order chi connectivity index (χ0) is 31.3. The first-order valence-electron chi connectivity index (χ1n) is 14.0. The minimum Gasteiger partial charge on any atom is -0.471 e. The number of hydrazine groups is 1. The summed E-state index contributed by atoms with van der Waals surface area (Å²) in [5.74, 6) is 2.15. The van der Waals surface area contributed by atoms with E-state index < -0.39 is 0 Å². The number of thioether (sulfide) groups is 1. The Hall–Kier alpha value is -4.92. The number of aliphatic imine (C=N–C) groups is 2.